The summed E-state index contributed by atoms with van der Waals surface area (Å²) in [5.74, 6) is 0. The summed E-state index contributed by atoms with van der Waals surface area (Å²) in [6, 6.07) is 13.6. The van der Waals surface area contributed by atoms with Crippen molar-refractivity contribution >= 4 is 31.4 Å². The number of rotatable bonds is 6. The standard InChI is InChI=1S/C21H19F3N2O4S2/c1-14-4-3-5-17(12-14)25-32(29,30)19-9-6-15(2)20(13-19)26-31(27,28)18-10-7-16(8-11-18)21(22,23)24/h3-13,25-26H,1-2H3. The number of sulfonamides is 2. The average molecular weight is 485 g/mol. The van der Waals surface area contributed by atoms with Gasteiger partial charge >= 0.3 is 6.18 Å². The average Bonchev–Trinajstić information content (AvgIpc) is 2.68. The SMILES string of the molecule is Cc1cccc(NS(=O)(=O)c2ccc(C)c(NS(=O)(=O)c3ccc(C(F)(F)F)cc3)c2)c1. The molecular formula is C21H19F3N2O4S2. The minimum atomic E-state index is -4.60. The molecule has 3 aromatic rings. The molecular weight excluding hydrogens is 465 g/mol. The first-order valence-corrected chi connectivity index (χ1v) is 12.1. The Morgan fingerprint density at radius 3 is 1.91 bits per heavy atom. The van der Waals surface area contributed by atoms with Crippen molar-refractivity contribution in [3.8, 4) is 0 Å². The van der Waals surface area contributed by atoms with Gasteiger partial charge < -0.3 is 0 Å². The van der Waals surface area contributed by atoms with E-state index in [1.807, 2.05) is 0 Å². The monoisotopic (exact) mass is 484 g/mol. The van der Waals surface area contributed by atoms with Gasteiger partial charge in [-0.3, -0.25) is 9.44 Å². The zero-order chi connectivity index (χ0) is 23.7. The predicted octanol–water partition coefficient (Wildman–Crippen LogP) is 4.92. The predicted molar refractivity (Wildman–Crippen MR) is 115 cm³/mol. The second-order valence-corrected chi connectivity index (χ2v) is 10.4. The lowest BCUT2D eigenvalue weighted by Gasteiger charge is -2.14. The van der Waals surface area contributed by atoms with Gasteiger partial charge in [-0.25, -0.2) is 16.8 Å². The summed E-state index contributed by atoms with van der Waals surface area (Å²) in [4.78, 5) is -0.578. The van der Waals surface area contributed by atoms with Crippen LogP contribution < -0.4 is 9.44 Å². The van der Waals surface area contributed by atoms with E-state index in [0.29, 0.717) is 23.4 Å². The van der Waals surface area contributed by atoms with E-state index in [9.17, 15) is 30.0 Å². The molecule has 0 atom stereocenters. The van der Waals surface area contributed by atoms with Crippen molar-refractivity contribution in [3.63, 3.8) is 0 Å². The van der Waals surface area contributed by atoms with E-state index in [0.717, 1.165) is 23.8 Å². The summed E-state index contributed by atoms with van der Waals surface area (Å²) in [5.41, 5.74) is 0.617. The van der Waals surface area contributed by atoms with Crippen molar-refractivity contribution < 1.29 is 30.0 Å². The highest BCUT2D eigenvalue weighted by Gasteiger charge is 2.30. The zero-order valence-electron chi connectivity index (χ0n) is 16.9. The van der Waals surface area contributed by atoms with Crippen LogP contribution in [0.1, 0.15) is 16.7 Å². The molecule has 0 amide bonds. The van der Waals surface area contributed by atoms with E-state index in [1.165, 1.54) is 12.1 Å². The minimum absolute atomic E-state index is 0.0167. The molecule has 0 fully saturated rings. The number of hydrogen-bond acceptors (Lipinski definition) is 4. The van der Waals surface area contributed by atoms with Crippen molar-refractivity contribution in [3.05, 3.63) is 83.4 Å². The molecule has 2 N–H and O–H groups in total. The normalized spacial score (nSPS) is 12.4. The Labute approximate surface area is 184 Å². The van der Waals surface area contributed by atoms with Gasteiger partial charge in [-0.1, -0.05) is 18.2 Å². The number of benzene rings is 3. The highest BCUT2D eigenvalue weighted by Crippen LogP contribution is 2.30. The van der Waals surface area contributed by atoms with Gasteiger partial charge in [0.15, 0.2) is 0 Å². The number of anilines is 2. The smallest absolute Gasteiger partial charge is 0.280 e. The lowest BCUT2D eigenvalue weighted by atomic mass is 10.2. The molecule has 0 unspecified atom stereocenters. The molecule has 32 heavy (non-hydrogen) atoms. The molecule has 0 aromatic heterocycles. The van der Waals surface area contributed by atoms with Crippen LogP contribution >= 0.6 is 0 Å². The maximum atomic E-state index is 12.7. The topological polar surface area (TPSA) is 92.3 Å². The summed E-state index contributed by atoms with van der Waals surface area (Å²) in [6.45, 7) is 3.37. The molecule has 170 valence electrons. The number of hydrogen-bond donors (Lipinski definition) is 2. The first-order valence-electron chi connectivity index (χ1n) is 9.18. The number of nitrogens with one attached hydrogen (secondary N) is 2. The van der Waals surface area contributed by atoms with Gasteiger partial charge in [-0.15, -0.1) is 0 Å². The minimum Gasteiger partial charge on any atom is -0.280 e. The van der Waals surface area contributed by atoms with Gasteiger partial charge in [-0.2, -0.15) is 13.2 Å². The van der Waals surface area contributed by atoms with Crippen molar-refractivity contribution in [2.45, 2.75) is 29.8 Å². The maximum Gasteiger partial charge on any atom is 0.416 e. The molecule has 0 saturated heterocycles. The van der Waals surface area contributed by atoms with E-state index in [4.69, 9.17) is 0 Å². The van der Waals surface area contributed by atoms with Crippen LogP contribution in [0.3, 0.4) is 0 Å². The largest absolute Gasteiger partial charge is 0.416 e. The highest BCUT2D eigenvalue weighted by atomic mass is 32.2. The first-order chi connectivity index (χ1) is 14.8. The second-order valence-electron chi connectivity index (χ2n) is 7.08. The zero-order valence-corrected chi connectivity index (χ0v) is 18.6. The molecule has 0 aliphatic carbocycles. The van der Waals surface area contributed by atoms with Gasteiger partial charge in [0.05, 0.1) is 21.0 Å². The molecule has 11 heteroatoms. The quantitative estimate of drug-likeness (QED) is 0.519. The highest BCUT2D eigenvalue weighted by molar-refractivity contribution is 7.93. The summed E-state index contributed by atoms with van der Waals surface area (Å²) >= 11 is 0. The molecule has 0 aliphatic rings. The third-order valence-corrected chi connectivity index (χ3v) is 7.29. The van der Waals surface area contributed by atoms with Crippen LogP contribution in [0.25, 0.3) is 0 Å². The number of alkyl halides is 3. The lowest BCUT2D eigenvalue weighted by Crippen LogP contribution is -2.16. The Balaban J connectivity index is 1.90. The Morgan fingerprint density at radius 2 is 1.31 bits per heavy atom. The van der Waals surface area contributed by atoms with Gasteiger partial charge in [0.1, 0.15) is 0 Å². The molecule has 0 radical (unpaired) electrons. The fraction of sp³-hybridized carbons (Fsp3) is 0.143. The van der Waals surface area contributed by atoms with Crippen LogP contribution in [-0.4, -0.2) is 16.8 Å². The molecule has 0 spiro atoms. The molecule has 6 nitrogen and oxygen atoms in total. The van der Waals surface area contributed by atoms with E-state index < -0.39 is 36.7 Å². The van der Waals surface area contributed by atoms with Crippen molar-refractivity contribution in [1.82, 2.24) is 0 Å². The number of halogens is 3. The summed E-state index contributed by atoms with van der Waals surface area (Å²) in [7, 11) is -8.28. The Hall–Kier alpha value is -3.05. The van der Waals surface area contributed by atoms with E-state index >= 15 is 0 Å². The van der Waals surface area contributed by atoms with E-state index in [-0.39, 0.29) is 10.6 Å². The van der Waals surface area contributed by atoms with E-state index in [2.05, 4.69) is 9.44 Å². The Bertz CT molecular complexity index is 1350. The molecule has 3 rings (SSSR count). The van der Waals surface area contributed by atoms with Gasteiger partial charge in [-0.05, 0) is 73.5 Å². The van der Waals surface area contributed by atoms with Crippen molar-refractivity contribution in [2.24, 2.45) is 0 Å². The molecule has 0 aliphatic heterocycles. The van der Waals surface area contributed by atoms with Crippen LogP contribution in [0.2, 0.25) is 0 Å². The Kier molecular flexibility index (Phi) is 6.25. The Morgan fingerprint density at radius 1 is 0.719 bits per heavy atom. The second kappa shape index (κ2) is 8.47. The van der Waals surface area contributed by atoms with Crippen LogP contribution in [-0.2, 0) is 26.2 Å². The molecule has 3 aromatic carbocycles. The fourth-order valence-electron chi connectivity index (χ4n) is 2.83. The van der Waals surface area contributed by atoms with Crippen molar-refractivity contribution in [2.75, 3.05) is 9.44 Å². The summed E-state index contributed by atoms with van der Waals surface area (Å²) in [6.07, 6.45) is -4.60. The van der Waals surface area contributed by atoms with Crippen LogP contribution in [0.5, 0.6) is 0 Å². The van der Waals surface area contributed by atoms with Crippen LogP contribution in [0, 0.1) is 13.8 Å². The van der Waals surface area contributed by atoms with Crippen LogP contribution in [0.15, 0.2) is 76.5 Å². The molecule has 0 heterocycles. The fourth-order valence-corrected chi connectivity index (χ4v) is 5.02. The first kappa shape index (κ1) is 23.6. The van der Waals surface area contributed by atoms with Gasteiger partial charge in [0.2, 0.25) is 0 Å². The molecule has 0 bridgehead atoms. The third kappa shape index (κ3) is 5.40. The van der Waals surface area contributed by atoms with Crippen LogP contribution in [0.4, 0.5) is 24.5 Å². The number of aryl methyl sites for hydroxylation is 2. The lowest BCUT2D eigenvalue weighted by molar-refractivity contribution is -0.137. The third-order valence-electron chi connectivity index (χ3n) is 4.53. The summed E-state index contributed by atoms with van der Waals surface area (Å²) < 4.78 is 93.6. The van der Waals surface area contributed by atoms with Crippen molar-refractivity contribution in [1.29, 1.82) is 0 Å². The van der Waals surface area contributed by atoms with Gasteiger partial charge in [0, 0.05) is 5.69 Å². The van der Waals surface area contributed by atoms with Gasteiger partial charge in [0.25, 0.3) is 20.0 Å². The molecule has 0 saturated carbocycles. The van der Waals surface area contributed by atoms with E-state index in [1.54, 1.807) is 38.1 Å². The maximum absolute atomic E-state index is 12.7. The summed E-state index contributed by atoms with van der Waals surface area (Å²) in [5, 5.41) is 0.